The number of pyridine rings is 1. The van der Waals surface area contributed by atoms with Crippen LogP contribution in [-0.2, 0) is 29.0 Å². The lowest BCUT2D eigenvalue weighted by Gasteiger charge is -2.23. The van der Waals surface area contributed by atoms with E-state index in [2.05, 4.69) is 15.2 Å². The van der Waals surface area contributed by atoms with Gasteiger partial charge in [-0.2, -0.15) is 0 Å². The van der Waals surface area contributed by atoms with Crippen molar-refractivity contribution in [1.29, 1.82) is 0 Å². The first-order chi connectivity index (χ1) is 15.6. The molecule has 0 radical (unpaired) electrons. The molecule has 1 amide bonds. The predicted octanol–water partition coefficient (Wildman–Crippen LogP) is 4.19. The molecule has 0 atom stereocenters. The van der Waals surface area contributed by atoms with E-state index in [-0.39, 0.29) is 30.5 Å². The second kappa shape index (κ2) is 10.0. The number of benzene rings is 2. The molecule has 0 bridgehead atoms. The molecule has 1 aliphatic heterocycles. The summed E-state index contributed by atoms with van der Waals surface area (Å²) in [6.45, 7) is 2.24. The summed E-state index contributed by atoms with van der Waals surface area (Å²) < 4.78 is 33.1. The zero-order valence-electron chi connectivity index (χ0n) is 17.4. The number of rotatable bonds is 7. The fraction of sp³-hybridized carbons (Fsp3) is 0.200. The van der Waals surface area contributed by atoms with Gasteiger partial charge in [0.15, 0.2) is 0 Å². The Labute approximate surface area is 185 Å². The highest BCUT2D eigenvalue weighted by molar-refractivity contribution is 5.78. The van der Waals surface area contributed by atoms with E-state index >= 15 is 0 Å². The third-order valence-corrected chi connectivity index (χ3v) is 5.14. The first-order valence-corrected chi connectivity index (χ1v) is 10.3. The molecule has 0 fully saturated rings. The molecule has 1 aliphatic rings. The molecule has 0 aliphatic carbocycles. The minimum atomic E-state index is -0.341. The van der Waals surface area contributed by atoms with Crippen LogP contribution in [0.5, 0.6) is 0 Å². The van der Waals surface area contributed by atoms with E-state index in [9.17, 15) is 13.6 Å². The van der Waals surface area contributed by atoms with Crippen molar-refractivity contribution >= 4 is 5.91 Å². The number of ether oxygens (including phenoxy) is 1. The monoisotopic (exact) mass is 435 g/mol. The Morgan fingerprint density at radius 1 is 1.09 bits per heavy atom. The predicted molar refractivity (Wildman–Crippen MR) is 117 cm³/mol. The van der Waals surface area contributed by atoms with Crippen LogP contribution in [0.3, 0.4) is 0 Å². The summed E-state index contributed by atoms with van der Waals surface area (Å²) in [4.78, 5) is 18.5. The maximum absolute atomic E-state index is 14.7. The van der Waals surface area contributed by atoms with Crippen molar-refractivity contribution in [3.8, 4) is 11.1 Å². The quantitative estimate of drug-likeness (QED) is 0.605. The normalized spacial score (nSPS) is 13.0. The molecule has 1 aromatic heterocycles. The van der Waals surface area contributed by atoms with E-state index in [1.54, 1.807) is 42.8 Å². The van der Waals surface area contributed by atoms with Crippen LogP contribution in [0.1, 0.15) is 16.8 Å². The van der Waals surface area contributed by atoms with Gasteiger partial charge in [0, 0.05) is 42.3 Å². The molecular formula is C25H23F2N3O2. The van der Waals surface area contributed by atoms with Crippen molar-refractivity contribution < 1.29 is 18.3 Å². The summed E-state index contributed by atoms with van der Waals surface area (Å²) in [5.41, 5.74) is 3.23. The van der Waals surface area contributed by atoms with Crippen LogP contribution in [0.4, 0.5) is 8.78 Å². The average Bonchev–Trinajstić information content (AvgIpc) is 2.79. The van der Waals surface area contributed by atoms with Gasteiger partial charge in [-0.25, -0.2) is 8.78 Å². The topological polar surface area (TPSA) is 54.5 Å². The van der Waals surface area contributed by atoms with Crippen LogP contribution in [-0.4, -0.2) is 28.9 Å². The van der Waals surface area contributed by atoms with E-state index in [4.69, 9.17) is 4.74 Å². The van der Waals surface area contributed by atoms with Crippen LogP contribution in [0.15, 0.2) is 73.3 Å². The van der Waals surface area contributed by atoms with Gasteiger partial charge in [-0.05, 0) is 35.4 Å². The SMILES string of the molecule is O=C(Cc1ccc(-c2ccc(CN3C=COCC3)cc2F)cn1)NCc1cccc(F)c1. The lowest BCUT2D eigenvalue weighted by atomic mass is 10.0. The fourth-order valence-electron chi connectivity index (χ4n) is 3.46. The molecule has 32 heavy (non-hydrogen) atoms. The van der Waals surface area contributed by atoms with Gasteiger partial charge < -0.3 is 15.0 Å². The van der Waals surface area contributed by atoms with Crippen LogP contribution >= 0.6 is 0 Å². The van der Waals surface area contributed by atoms with Gasteiger partial charge in [-0.15, -0.1) is 0 Å². The van der Waals surface area contributed by atoms with Gasteiger partial charge >= 0.3 is 0 Å². The number of carbonyl (C=O) groups is 1. The van der Waals surface area contributed by atoms with Crippen LogP contribution in [0.2, 0.25) is 0 Å². The van der Waals surface area contributed by atoms with Crippen LogP contribution < -0.4 is 5.32 Å². The molecule has 7 heteroatoms. The third kappa shape index (κ3) is 5.69. The lowest BCUT2D eigenvalue weighted by molar-refractivity contribution is -0.120. The molecule has 0 spiro atoms. The highest BCUT2D eigenvalue weighted by atomic mass is 19.1. The summed E-state index contributed by atoms with van der Waals surface area (Å²) in [5, 5.41) is 2.75. The zero-order valence-corrected chi connectivity index (χ0v) is 17.4. The molecule has 2 heterocycles. The molecular weight excluding hydrogens is 412 g/mol. The molecule has 0 saturated carbocycles. The van der Waals surface area contributed by atoms with Gasteiger partial charge in [0.05, 0.1) is 19.2 Å². The number of hydrogen-bond donors (Lipinski definition) is 1. The molecule has 1 N–H and O–H groups in total. The Morgan fingerprint density at radius 3 is 2.72 bits per heavy atom. The Balaban J connectivity index is 1.35. The maximum Gasteiger partial charge on any atom is 0.226 e. The standard InChI is InChI=1S/C25H23F2N3O2/c26-21-3-1-2-18(12-21)15-29-25(31)14-22-6-5-20(16-28-22)23-7-4-19(13-24(23)27)17-30-8-10-32-11-9-30/h1-8,10,12-13,16H,9,11,14-15,17H2,(H,29,31). The second-order valence-electron chi connectivity index (χ2n) is 7.56. The maximum atomic E-state index is 14.7. The van der Waals surface area contributed by atoms with Gasteiger partial charge in [0.2, 0.25) is 5.91 Å². The van der Waals surface area contributed by atoms with Gasteiger partial charge in [-0.1, -0.05) is 30.3 Å². The van der Waals surface area contributed by atoms with Gasteiger partial charge in [0.25, 0.3) is 0 Å². The van der Waals surface area contributed by atoms with E-state index in [1.807, 2.05) is 12.3 Å². The van der Waals surface area contributed by atoms with Crippen molar-refractivity contribution in [2.24, 2.45) is 0 Å². The first kappa shape index (κ1) is 21.5. The van der Waals surface area contributed by atoms with Crippen molar-refractivity contribution in [1.82, 2.24) is 15.2 Å². The molecule has 5 nitrogen and oxygen atoms in total. The highest BCUT2D eigenvalue weighted by Gasteiger charge is 2.11. The summed E-state index contributed by atoms with van der Waals surface area (Å²) in [5.74, 6) is -0.878. The number of nitrogens with zero attached hydrogens (tertiary/aromatic N) is 2. The number of aromatic nitrogens is 1. The molecule has 0 unspecified atom stereocenters. The first-order valence-electron chi connectivity index (χ1n) is 10.3. The number of carbonyl (C=O) groups excluding carboxylic acids is 1. The van der Waals surface area contributed by atoms with Crippen molar-refractivity contribution in [3.05, 3.63) is 102 Å². The third-order valence-electron chi connectivity index (χ3n) is 5.14. The van der Waals surface area contributed by atoms with Crippen molar-refractivity contribution in [2.75, 3.05) is 13.2 Å². The van der Waals surface area contributed by atoms with Crippen LogP contribution in [0, 0.1) is 11.6 Å². The van der Waals surface area contributed by atoms with E-state index in [0.29, 0.717) is 35.5 Å². The molecule has 164 valence electrons. The minimum absolute atomic E-state index is 0.0874. The number of amides is 1. The van der Waals surface area contributed by atoms with E-state index in [0.717, 1.165) is 12.1 Å². The Bertz CT molecular complexity index is 1120. The number of hydrogen-bond acceptors (Lipinski definition) is 4. The van der Waals surface area contributed by atoms with Crippen molar-refractivity contribution in [3.63, 3.8) is 0 Å². The van der Waals surface area contributed by atoms with E-state index in [1.165, 1.54) is 18.2 Å². The molecule has 0 saturated heterocycles. The minimum Gasteiger partial charge on any atom is -0.498 e. The van der Waals surface area contributed by atoms with Crippen molar-refractivity contribution in [2.45, 2.75) is 19.5 Å². The summed E-state index contributed by atoms with van der Waals surface area (Å²) in [6, 6.07) is 14.7. The lowest BCUT2D eigenvalue weighted by Crippen LogP contribution is -2.24. The summed E-state index contributed by atoms with van der Waals surface area (Å²) in [6.07, 6.45) is 5.15. The fourth-order valence-corrected chi connectivity index (χ4v) is 3.46. The Morgan fingerprint density at radius 2 is 2.00 bits per heavy atom. The highest BCUT2D eigenvalue weighted by Crippen LogP contribution is 2.24. The summed E-state index contributed by atoms with van der Waals surface area (Å²) >= 11 is 0. The Hall–Kier alpha value is -3.74. The Kier molecular flexibility index (Phi) is 6.75. The van der Waals surface area contributed by atoms with Gasteiger partial charge in [-0.3, -0.25) is 9.78 Å². The second-order valence-corrected chi connectivity index (χ2v) is 7.56. The largest absolute Gasteiger partial charge is 0.498 e. The molecule has 4 rings (SSSR count). The number of nitrogens with one attached hydrogen (secondary N) is 1. The number of halogens is 2. The average molecular weight is 435 g/mol. The molecule has 2 aromatic carbocycles. The molecule has 3 aromatic rings. The van der Waals surface area contributed by atoms with Crippen LogP contribution in [0.25, 0.3) is 11.1 Å². The smallest absolute Gasteiger partial charge is 0.226 e. The zero-order chi connectivity index (χ0) is 22.3. The summed E-state index contributed by atoms with van der Waals surface area (Å²) in [7, 11) is 0. The van der Waals surface area contributed by atoms with E-state index < -0.39 is 0 Å². The van der Waals surface area contributed by atoms with Gasteiger partial charge in [0.1, 0.15) is 18.2 Å².